The van der Waals surface area contributed by atoms with Gasteiger partial charge in [-0.15, -0.1) is 0 Å². The Balaban J connectivity index is 1.78. The zero-order chi connectivity index (χ0) is 24.1. The normalized spacial score (nSPS) is 27.6. The Kier molecular flexibility index (Phi) is 5.86. The summed E-state index contributed by atoms with van der Waals surface area (Å²) in [7, 11) is 1.44. The Labute approximate surface area is 195 Å². The van der Waals surface area contributed by atoms with Crippen LogP contribution in [0, 0.1) is 23.2 Å². The van der Waals surface area contributed by atoms with Crippen molar-refractivity contribution in [3.63, 3.8) is 0 Å². The number of oxazole rings is 1. The Bertz CT molecular complexity index is 1240. The fourth-order valence-corrected chi connectivity index (χ4v) is 5.13. The molecule has 0 radical (unpaired) electrons. The lowest BCUT2D eigenvalue weighted by Gasteiger charge is -2.49. The van der Waals surface area contributed by atoms with E-state index in [0.717, 1.165) is 0 Å². The Morgan fingerprint density at radius 2 is 1.94 bits per heavy atom. The van der Waals surface area contributed by atoms with E-state index in [1.54, 1.807) is 19.1 Å². The summed E-state index contributed by atoms with van der Waals surface area (Å²) in [5.74, 6) is -0.640. The Hall–Kier alpha value is -2.72. The van der Waals surface area contributed by atoms with Gasteiger partial charge in [0.25, 0.3) is 0 Å². The molecule has 4 nitrogen and oxygen atoms in total. The third-order valence-corrected chi connectivity index (χ3v) is 7.02. The molecule has 1 aliphatic rings. The van der Waals surface area contributed by atoms with Gasteiger partial charge < -0.3 is 9.15 Å². The lowest BCUT2D eigenvalue weighted by atomic mass is 9.62. The second kappa shape index (κ2) is 8.25. The first kappa shape index (κ1) is 23.4. The number of aromatic nitrogens is 1. The summed E-state index contributed by atoms with van der Waals surface area (Å²) in [6, 6.07) is 9.46. The number of methoxy groups -OCH3 is 1. The molecular formula is C25H24ClF3N2O2. The number of nitriles is 1. The van der Waals surface area contributed by atoms with Crippen molar-refractivity contribution in [1.82, 2.24) is 4.98 Å². The van der Waals surface area contributed by atoms with E-state index in [1.807, 2.05) is 6.07 Å². The van der Waals surface area contributed by atoms with Gasteiger partial charge in [0.05, 0.1) is 12.7 Å². The first-order valence-corrected chi connectivity index (χ1v) is 11.1. The van der Waals surface area contributed by atoms with Crippen molar-refractivity contribution in [1.29, 1.82) is 5.26 Å². The van der Waals surface area contributed by atoms with E-state index < -0.39 is 23.4 Å². The van der Waals surface area contributed by atoms with Crippen molar-refractivity contribution in [3.05, 3.63) is 46.5 Å². The molecule has 3 aromatic rings. The average molecular weight is 477 g/mol. The van der Waals surface area contributed by atoms with Crippen molar-refractivity contribution >= 4 is 22.7 Å². The van der Waals surface area contributed by atoms with Gasteiger partial charge in [0, 0.05) is 11.6 Å². The van der Waals surface area contributed by atoms with Gasteiger partial charge in [0.15, 0.2) is 22.4 Å². The second-order valence-electron chi connectivity index (χ2n) is 9.06. The zero-order valence-electron chi connectivity index (χ0n) is 18.8. The van der Waals surface area contributed by atoms with Crippen LogP contribution < -0.4 is 4.74 Å². The minimum Gasteiger partial charge on any atom is -0.494 e. The number of alkyl halides is 3. The van der Waals surface area contributed by atoms with Crippen LogP contribution in [-0.4, -0.2) is 23.9 Å². The molecule has 1 saturated carbocycles. The molecule has 0 saturated heterocycles. The molecule has 8 heteroatoms. The molecule has 1 heterocycles. The van der Waals surface area contributed by atoms with E-state index in [2.05, 4.69) is 4.98 Å². The molecule has 4 rings (SSSR count). The lowest BCUT2D eigenvalue weighted by molar-refractivity contribution is -0.162. The molecule has 0 N–H and O–H groups in total. The molecule has 1 fully saturated rings. The lowest BCUT2D eigenvalue weighted by Crippen LogP contribution is -2.59. The molecule has 2 aromatic carbocycles. The number of ether oxygens (including phenoxy) is 1. The van der Waals surface area contributed by atoms with Crippen LogP contribution in [0.4, 0.5) is 13.2 Å². The van der Waals surface area contributed by atoms with E-state index in [1.165, 1.54) is 39.2 Å². The van der Waals surface area contributed by atoms with Crippen LogP contribution >= 0.6 is 11.6 Å². The van der Waals surface area contributed by atoms with Gasteiger partial charge in [0.2, 0.25) is 5.89 Å². The summed E-state index contributed by atoms with van der Waals surface area (Å²) in [5, 5.41) is 9.38. The fourth-order valence-electron chi connectivity index (χ4n) is 4.91. The van der Waals surface area contributed by atoms with Gasteiger partial charge in [-0.05, 0) is 42.4 Å². The highest BCUT2D eigenvalue weighted by Gasteiger charge is 2.64. The molecule has 0 spiro atoms. The van der Waals surface area contributed by atoms with E-state index in [0.29, 0.717) is 16.8 Å². The van der Waals surface area contributed by atoms with E-state index in [4.69, 9.17) is 20.8 Å². The van der Waals surface area contributed by atoms with Gasteiger partial charge in [-0.1, -0.05) is 44.5 Å². The van der Waals surface area contributed by atoms with E-state index in [9.17, 15) is 9.65 Å². The first-order chi connectivity index (χ1) is 15.6. The second-order valence-corrected chi connectivity index (χ2v) is 9.44. The van der Waals surface area contributed by atoms with E-state index >= 15 is 8.78 Å². The number of nitrogens with zero attached hydrogens (tertiary/aromatic N) is 2. The highest BCUT2D eigenvalue weighted by Crippen LogP contribution is 2.56. The third-order valence-electron chi connectivity index (χ3n) is 6.64. The molecule has 1 aromatic heterocycles. The molecule has 4 atom stereocenters. The topological polar surface area (TPSA) is 59.0 Å². The summed E-state index contributed by atoms with van der Waals surface area (Å²) >= 11 is 6.27. The van der Waals surface area contributed by atoms with Crippen LogP contribution in [0.25, 0.3) is 22.6 Å². The summed E-state index contributed by atoms with van der Waals surface area (Å²) in [5.41, 5.74) is -3.82. The smallest absolute Gasteiger partial charge is 0.227 e. The highest BCUT2D eigenvalue weighted by atomic mass is 35.5. The van der Waals surface area contributed by atoms with Crippen LogP contribution in [0.3, 0.4) is 0 Å². The van der Waals surface area contributed by atoms with Gasteiger partial charge in [0.1, 0.15) is 23.0 Å². The molecule has 33 heavy (non-hydrogen) atoms. The molecule has 0 bridgehead atoms. The van der Waals surface area contributed by atoms with Crippen molar-refractivity contribution in [2.24, 2.45) is 11.8 Å². The number of halogens is 4. The molecule has 174 valence electrons. The van der Waals surface area contributed by atoms with Crippen molar-refractivity contribution in [3.8, 4) is 23.3 Å². The summed E-state index contributed by atoms with van der Waals surface area (Å²) < 4.78 is 58.2. The number of hydrogen-bond acceptors (Lipinski definition) is 4. The molecule has 0 amide bonds. The number of benzene rings is 2. The predicted octanol–water partition coefficient (Wildman–Crippen LogP) is 7.33. The molecule has 0 aliphatic heterocycles. The standard InChI is InChI=1S/C25H24ClF3N2O2/c1-13(2)25(29)19(27)9-14(3)11-24(25,28)17-7-5-15(6-8-17)23-31-21-18(32-4)10-16(12-30)20(26)22(21)33-23/h5-8,10,13-14,19H,9,11H2,1-4H3. The average Bonchev–Trinajstić information content (AvgIpc) is 3.24. The van der Waals surface area contributed by atoms with Crippen LogP contribution in [0.15, 0.2) is 34.7 Å². The number of hydrogen-bond donors (Lipinski definition) is 0. The maximum absolute atomic E-state index is 16.3. The summed E-state index contributed by atoms with van der Waals surface area (Å²) in [4.78, 5) is 4.42. The monoisotopic (exact) mass is 476 g/mol. The highest BCUT2D eigenvalue weighted by molar-refractivity contribution is 6.36. The van der Waals surface area contributed by atoms with Gasteiger partial charge in [-0.3, -0.25) is 0 Å². The van der Waals surface area contributed by atoms with Crippen LogP contribution in [0.1, 0.15) is 44.7 Å². The van der Waals surface area contributed by atoms with Crippen molar-refractivity contribution in [2.45, 2.75) is 51.1 Å². The maximum atomic E-state index is 16.3. The summed E-state index contributed by atoms with van der Waals surface area (Å²) in [6.45, 7) is 4.76. The Morgan fingerprint density at radius 1 is 1.27 bits per heavy atom. The van der Waals surface area contributed by atoms with Gasteiger partial charge in [-0.2, -0.15) is 5.26 Å². The quantitative estimate of drug-likeness (QED) is 0.395. The summed E-state index contributed by atoms with van der Waals surface area (Å²) in [6.07, 6.45) is -2.00. The van der Waals surface area contributed by atoms with Crippen LogP contribution in [-0.2, 0) is 5.67 Å². The van der Waals surface area contributed by atoms with Gasteiger partial charge >= 0.3 is 0 Å². The predicted molar refractivity (Wildman–Crippen MR) is 120 cm³/mol. The third kappa shape index (κ3) is 3.47. The van der Waals surface area contributed by atoms with Gasteiger partial charge in [-0.25, -0.2) is 18.2 Å². The fraction of sp³-hybridized carbons (Fsp3) is 0.440. The van der Waals surface area contributed by atoms with Crippen molar-refractivity contribution < 1.29 is 22.3 Å². The number of fused-ring (bicyclic) bond motifs is 1. The first-order valence-electron chi connectivity index (χ1n) is 10.8. The largest absolute Gasteiger partial charge is 0.494 e. The zero-order valence-corrected chi connectivity index (χ0v) is 19.5. The maximum Gasteiger partial charge on any atom is 0.227 e. The molecule has 4 unspecified atom stereocenters. The molecule has 1 aliphatic carbocycles. The van der Waals surface area contributed by atoms with Crippen LogP contribution in [0.5, 0.6) is 5.75 Å². The Morgan fingerprint density at radius 3 is 2.52 bits per heavy atom. The van der Waals surface area contributed by atoms with Crippen LogP contribution in [0.2, 0.25) is 5.02 Å². The van der Waals surface area contributed by atoms with E-state index in [-0.39, 0.29) is 46.4 Å². The minimum atomic E-state index is -2.63. The SMILES string of the molecule is COc1cc(C#N)c(Cl)c2oc(-c3ccc(C4(F)CC(C)CC(F)C4(F)C(C)C)cc3)nc12. The van der Waals surface area contributed by atoms with Crippen molar-refractivity contribution in [2.75, 3.05) is 7.11 Å². The molecular weight excluding hydrogens is 453 g/mol. The number of rotatable bonds is 4. The minimum absolute atomic E-state index is 0.00534.